The molecule has 10 heavy (non-hydrogen) atoms. The standard InChI is InChI=1S/C9H18O/c1-8(2)6-5-7-9(3,4)10/h10H,1,5-7H2,2-4H3. The highest BCUT2D eigenvalue weighted by Gasteiger charge is 2.10. The van der Waals surface area contributed by atoms with Crippen molar-refractivity contribution < 1.29 is 5.11 Å². The lowest BCUT2D eigenvalue weighted by Crippen LogP contribution is -2.17. The zero-order chi connectivity index (χ0) is 8.20. The molecule has 0 radical (unpaired) electrons. The molecule has 0 saturated heterocycles. The topological polar surface area (TPSA) is 20.2 Å². The van der Waals surface area contributed by atoms with Gasteiger partial charge in [-0.05, 0) is 40.0 Å². The van der Waals surface area contributed by atoms with Crippen LogP contribution in [-0.2, 0) is 0 Å². The molecule has 0 aliphatic rings. The summed E-state index contributed by atoms with van der Waals surface area (Å²) in [5, 5.41) is 9.30. The molecule has 0 unspecified atom stereocenters. The molecule has 0 rings (SSSR count). The van der Waals surface area contributed by atoms with Gasteiger partial charge in [0.15, 0.2) is 0 Å². The Balaban J connectivity index is 3.29. The van der Waals surface area contributed by atoms with Crippen LogP contribution in [0.25, 0.3) is 0 Å². The van der Waals surface area contributed by atoms with E-state index in [0.717, 1.165) is 19.3 Å². The van der Waals surface area contributed by atoms with Gasteiger partial charge in [0.25, 0.3) is 0 Å². The molecular weight excluding hydrogens is 124 g/mol. The van der Waals surface area contributed by atoms with Crippen molar-refractivity contribution in [1.82, 2.24) is 0 Å². The monoisotopic (exact) mass is 142 g/mol. The molecule has 0 aliphatic heterocycles. The number of hydrogen-bond acceptors (Lipinski definition) is 1. The Labute approximate surface area is 63.8 Å². The minimum atomic E-state index is -0.505. The van der Waals surface area contributed by atoms with Crippen molar-refractivity contribution in [1.29, 1.82) is 0 Å². The molecule has 1 N–H and O–H groups in total. The fourth-order valence-corrected chi connectivity index (χ4v) is 0.823. The number of rotatable bonds is 4. The Bertz CT molecular complexity index is 108. The first-order chi connectivity index (χ1) is 4.42. The highest BCUT2D eigenvalue weighted by molar-refractivity contribution is 4.87. The lowest BCUT2D eigenvalue weighted by atomic mass is 10.0. The molecule has 0 aromatic heterocycles. The maximum atomic E-state index is 9.30. The van der Waals surface area contributed by atoms with E-state index in [1.165, 1.54) is 5.57 Å². The zero-order valence-electron chi connectivity index (χ0n) is 7.28. The molecule has 0 bridgehead atoms. The van der Waals surface area contributed by atoms with Gasteiger partial charge in [0, 0.05) is 0 Å². The van der Waals surface area contributed by atoms with Crippen LogP contribution in [-0.4, -0.2) is 10.7 Å². The van der Waals surface area contributed by atoms with E-state index in [1.807, 2.05) is 20.8 Å². The Morgan fingerprint density at radius 1 is 1.50 bits per heavy atom. The predicted octanol–water partition coefficient (Wildman–Crippen LogP) is 2.50. The molecule has 0 saturated carbocycles. The molecule has 0 atom stereocenters. The molecule has 0 aliphatic carbocycles. The van der Waals surface area contributed by atoms with Crippen molar-refractivity contribution in [3.8, 4) is 0 Å². The second-order valence-electron chi connectivity index (χ2n) is 3.62. The van der Waals surface area contributed by atoms with Gasteiger partial charge in [0.1, 0.15) is 0 Å². The summed E-state index contributed by atoms with van der Waals surface area (Å²) in [6.45, 7) is 9.49. The average molecular weight is 142 g/mol. The van der Waals surface area contributed by atoms with Gasteiger partial charge in [0.05, 0.1) is 5.60 Å². The van der Waals surface area contributed by atoms with Crippen molar-refractivity contribution in [2.75, 3.05) is 0 Å². The molecule has 0 amide bonds. The molecular formula is C9H18O. The van der Waals surface area contributed by atoms with E-state index in [9.17, 15) is 5.11 Å². The average Bonchev–Trinajstić information content (AvgIpc) is 1.59. The van der Waals surface area contributed by atoms with Crippen LogP contribution in [0.1, 0.15) is 40.0 Å². The summed E-state index contributed by atoms with van der Waals surface area (Å²) in [5.41, 5.74) is 0.694. The fraction of sp³-hybridized carbons (Fsp3) is 0.778. The summed E-state index contributed by atoms with van der Waals surface area (Å²) < 4.78 is 0. The van der Waals surface area contributed by atoms with Crippen LogP contribution in [0.15, 0.2) is 12.2 Å². The minimum absolute atomic E-state index is 0.505. The van der Waals surface area contributed by atoms with Crippen molar-refractivity contribution in [2.45, 2.75) is 45.6 Å². The van der Waals surface area contributed by atoms with E-state index >= 15 is 0 Å². The van der Waals surface area contributed by atoms with E-state index in [2.05, 4.69) is 6.58 Å². The van der Waals surface area contributed by atoms with Crippen LogP contribution in [0.3, 0.4) is 0 Å². The van der Waals surface area contributed by atoms with Crippen LogP contribution in [0.2, 0.25) is 0 Å². The maximum absolute atomic E-state index is 9.30. The quantitative estimate of drug-likeness (QED) is 0.598. The van der Waals surface area contributed by atoms with Gasteiger partial charge < -0.3 is 5.11 Å². The molecule has 0 aromatic carbocycles. The molecule has 60 valence electrons. The first kappa shape index (κ1) is 9.70. The Hall–Kier alpha value is -0.300. The minimum Gasteiger partial charge on any atom is -0.390 e. The van der Waals surface area contributed by atoms with E-state index < -0.39 is 5.60 Å². The Morgan fingerprint density at radius 2 is 2.00 bits per heavy atom. The lowest BCUT2D eigenvalue weighted by molar-refractivity contribution is 0.0689. The highest BCUT2D eigenvalue weighted by atomic mass is 16.3. The Kier molecular flexibility index (Phi) is 3.66. The summed E-state index contributed by atoms with van der Waals surface area (Å²) in [6.07, 6.45) is 2.93. The third-order valence-electron chi connectivity index (χ3n) is 1.39. The van der Waals surface area contributed by atoms with Gasteiger partial charge in [-0.2, -0.15) is 0 Å². The third kappa shape index (κ3) is 7.70. The molecule has 0 spiro atoms. The second kappa shape index (κ2) is 3.77. The van der Waals surface area contributed by atoms with Gasteiger partial charge in [-0.25, -0.2) is 0 Å². The van der Waals surface area contributed by atoms with Gasteiger partial charge in [-0.3, -0.25) is 0 Å². The summed E-state index contributed by atoms with van der Waals surface area (Å²) in [7, 11) is 0. The summed E-state index contributed by atoms with van der Waals surface area (Å²) in [6, 6.07) is 0. The predicted molar refractivity (Wildman–Crippen MR) is 45.0 cm³/mol. The van der Waals surface area contributed by atoms with Crippen LogP contribution >= 0.6 is 0 Å². The lowest BCUT2D eigenvalue weighted by Gasteiger charge is -2.16. The van der Waals surface area contributed by atoms with E-state index in [0.29, 0.717) is 0 Å². The first-order valence-electron chi connectivity index (χ1n) is 3.78. The van der Waals surface area contributed by atoms with Crippen molar-refractivity contribution in [2.24, 2.45) is 0 Å². The second-order valence-corrected chi connectivity index (χ2v) is 3.62. The fourth-order valence-electron chi connectivity index (χ4n) is 0.823. The third-order valence-corrected chi connectivity index (χ3v) is 1.39. The summed E-state index contributed by atoms with van der Waals surface area (Å²) in [5.74, 6) is 0. The van der Waals surface area contributed by atoms with Crippen LogP contribution in [0.5, 0.6) is 0 Å². The largest absolute Gasteiger partial charge is 0.390 e. The Morgan fingerprint density at radius 3 is 2.30 bits per heavy atom. The molecule has 0 aromatic rings. The van der Waals surface area contributed by atoms with Crippen LogP contribution in [0, 0.1) is 0 Å². The van der Waals surface area contributed by atoms with Gasteiger partial charge in [-0.15, -0.1) is 6.58 Å². The number of aliphatic hydroxyl groups is 1. The smallest absolute Gasteiger partial charge is 0.0591 e. The van der Waals surface area contributed by atoms with Gasteiger partial charge in [0.2, 0.25) is 0 Å². The van der Waals surface area contributed by atoms with Crippen molar-refractivity contribution >= 4 is 0 Å². The maximum Gasteiger partial charge on any atom is 0.0591 e. The van der Waals surface area contributed by atoms with E-state index in [1.54, 1.807) is 0 Å². The SMILES string of the molecule is C=C(C)CCCC(C)(C)O. The molecule has 1 nitrogen and oxygen atoms in total. The van der Waals surface area contributed by atoms with E-state index in [-0.39, 0.29) is 0 Å². The molecule has 1 heteroatoms. The number of allylic oxidation sites excluding steroid dienone is 1. The van der Waals surface area contributed by atoms with Gasteiger partial charge in [-0.1, -0.05) is 5.57 Å². The van der Waals surface area contributed by atoms with Crippen LogP contribution in [0.4, 0.5) is 0 Å². The zero-order valence-corrected chi connectivity index (χ0v) is 7.28. The van der Waals surface area contributed by atoms with Crippen molar-refractivity contribution in [3.63, 3.8) is 0 Å². The first-order valence-corrected chi connectivity index (χ1v) is 3.78. The number of hydrogen-bond donors (Lipinski definition) is 1. The van der Waals surface area contributed by atoms with Gasteiger partial charge >= 0.3 is 0 Å². The summed E-state index contributed by atoms with van der Waals surface area (Å²) >= 11 is 0. The molecule has 0 heterocycles. The normalized spacial score (nSPS) is 11.6. The highest BCUT2D eigenvalue weighted by Crippen LogP contribution is 2.13. The van der Waals surface area contributed by atoms with E-state index in [4.69, 9.17) is 0 Å². The van der Waals surface area contributed by atoms with Crippen molar-refractivity contribution in [3.05, 3.63) is 12.2 Å². The molecule has 0 fully saturated rings. The summed E-state index contributed by atoms with van der Waals surface area (Å²) in [4.78, 5) is 0. The van der Waals surface area contributed by atoms with Crippen LogP contribution < -0.4 is 0 Å².